The Hall–Kier alpha value is -2.98. The Morgan fingerprint density at radius 3 is 2.26 bits per heavy atom. The van der Waals surface area contributed by atoms with Gasteiger partial charge in [0.1, 0.15) is 23.4 Å². The molecule has 0 unspecified atom stereocenters. The van der Waals surface area contributed by atoms with Crippen LogP contribution < -0.4 is 20.7 Å². The van der Waals surface area contributed by atoms with E-state index in [0.717, 1.165) is 31.2 Å². The first-order valence-corrected chi connectivity index (χ1v) is 14.0. The second-order valence-corrected chi connectivity index (χ2v) is 11.2. The molecule has 1 aromatic rings. The van der Waals surface area contributed by atoms with Crippen molar-refractivity contribution in [3.8, 4) is 5.75 Å². The van der Waals surface area contributed by atoms with Crippen LogP contribution in [0.1, 0.15) is 57.9 Å². The number of methoxy groups -OCH3 is 1. The normalized spacial score (nSPS) is 24.8. The van der Waals surface area contributed by atoms with Gasteiger partial charge in [0.25, 0.3) is 0 Å². The molecule has 3 N–H and O–H groups in total. The van der Waals surface area contributed by atoms with Gasteiger partial charge in [-0.2, -0.15) is 0 Å². The summed E-state index contributed by atoms with van der Waals surface area (Å²) in [4.78, 5) is 52.6. The van der Waals surface area contributed by atoms with E-state index in [2.05, 4.69) is 16.0 Å². The molecule has 0 spiro atoms. The van der Waals surface area contributed by atoms with E-state index in [1.165, 1.54) is 0 Å². The van der Waals surface area contributed by atoms with Crippen molar-refractivity contribution >= 4 is 23.5 Å². The van der Waals surface area contributed by atoms with Gasteiger partial charge in [0.2, 0.25) is 17.7 Å². The first-order chi connectivity index (χ1) is 18.7. The van der Waals surface area contributed by atoms with Crippen LogP contribution in [-0.4, -0.2) is 74.2 Å². The monoisotopic (exact) mass is 543 g/mol. The third-order valence-electron chi connectivity index (χ3n) is 8.06. The van der Waals surface area contributed by atoms with Crippen LogP contribution >= 0.6 is 0 Å². The average molecular weight is 544 g/mol. The molecule has 1 aromatic carbocycles. The number of epoxide rings is 1. The van der Waals surface area contributed by atoms with Crippen molar-refractivity contribution in [3.63, 3.8) is 0 Å². The fourth-order valence-electron chi connectivity index (χ4n) is 5.34. The molecule has 2 aliphatic heterocycles. The fraction of sp³-hybridized carbons (Fsp3) is 0.655. The molecule has 0 aromatic heterocycles. The highest BCUT2D eigenvalue weighted by atomic mass is 16.6. The average Bonchev–Trinajstić information content (AvgIpc) is 3.32. The lowest BCUT2D eigenvalue weighted by Crippen LogP contribution is -2.57. The Bertz CT molecular complexity index is 1030. The molecule has 1 saturated carbocycles. The topological polar surface area (TPSA) is 135 Å². The summed E-state index contributed by atoms with van der Waals surface area (Å²) in [5.41, 5.74) is -0.0548. The molecule has 3 amide bonds. The molecule has 2 saturated heterocycles. The van der Waals surface area contributed by atoms with Crippen molar-refractivity contribution in [1.29, 1.82) is 0 Å². The van der Waals surface area contributed by atoms with Gasteiger partial charge in [0.05, 0.1) is 32.3 Å². The Kier molecular flexibility index (Phi) is 9.61. The van der Waals surface area contributed by atoms with Crippen LogP contribution in [0.25, 0.3) is 0 Å². The third kappa shape index (κ3) is 7.79. The highest BCUT2D eigenvalue weighted by molar-refractivity contribution is 5.98. The minimum atomic E-state index is -0.952. The van der Waals surface area contributed by atoms with Crippen LogP contribution in [0.2, 0.25) is 0 Å². The van der Waals surface area contributed by atoms with E-state index in [4.69, 9.17) is 14.2 Å². The lowest BCUT2D eigenvalue weighted by atomic mass is 9.90. The zero-order valence-electron chi connectivity index (χ0n) is 23.1. The molecule has 39 heavy (non-hydrogen) atoms. The number of ether oxygens (including phenoxy) is 3. The number of hydrogen-bond acceptors (Lipinski definition) is 7. The van der Waals surface area contributed by atoms with Crippen LogP contribution in [0, 0.1) is 11.8 Å². The number of nitrogens with one attached hydrogen (secondary N) is 3. The van der Waals surface area contributed by atoms with Gasteiger partial charge in [-0.1, -0.05) is 37.8 Å². The molecule has 3 fully saturated rings. The Balaban J connectivity index is 1.46. The van der Waals surface area contributed by atoms with E-state index in [-0.39, 0.29) is 24.0 Å². The van der Waals surface area contributed by atoms with Crippen LogP contribution in [0.3, 0.4) is 0 Å². The van der Waals surface area contributed by atoms with Crippen molar-refractivity contribution in [3.05, 3.63) is 29.8 Å². The van der Waals surface area contributed by atoms with E-state index >= 15 is 0 Å². The minimum absolute atomic E-state index is 0.128. The van der Waals surface area contributed by atoms with E-state index in [0.29, 0.717) is 44.3 Å². The molecule has 2 heterocycles. The third-order valence-corrected chi connectivity index (χ3v) is 8.06. The molecule has 3 aliphatic rings. The molecule has 10 heteroatoms. The molecule has 214 valence electrons. The summed E-state index contributed by atoms with van der Waals surface area (Å²) < 4.78 is 15.9. The van der Waals surface area contributed by atoms with Crippen molar-refractivity contribution < 1.29 is 33.4 Å². The SMILES string of the molecule is COc1ccc(C[C@H](NC(=O)[C@@H](C)NC(=O)[C@@H]2CCOC2)C(=O)N[C@@H](CC2CCCC2)C(=O)[C@@]2(C)CO2)cc1. The van der Waals surface area contributed by atoms with E-state index in [9.17, 15) is 19.2 Å². The highest BCUT2D eigenvalue weighted by Gasteiger charge is 2.50. The number of Topliss-reactive ketones (excluding diaryl/α,β-unsaturated/α-hetero) is 1. The zero-order chi connectivity index (χ0) is 28.0. The fourth-order valence-corrected chi connectivity index (χ4v) is 5.34. The van der Waals surface area contributed by atoms with Gasteiger partial charge in [-0.05, 0) is 50.3 Å². The minimum Gasteiger partial charge on any atom is -0.497 e. The maximum atomic E-state index is 13.6. The predicted molar refractivity (Wildman–Crippen MR) is 143 cm³/mol. The zero-order valence-corrected chi connectivity index (χ0v) is 23.1. The maximum Gasteiger partial charge on any atom is 0.243 e. The first-order valence-electron chi connectivity index (χ1n) is 14.0. The van der Waals surface area contributed by atoms with Gasteiger partial charge in [0.15, 0.2) is 5.78 Å². The number of carbonyl (C=O) groups is 4. The van der Waals surface area contributed by atoms with Gasteiger partial charge in [-0.3, -0.25) is 19.2 Å². The van der Waals surface area contributed by atoms with Crippen molar-refractivity contribution in [2.75, 3.05) is 26.9 Å². The largest absolute Gasteiger partial charge is 0.497 e. The predicted octanol–water partition coefficient (Wildman–Crippen LogP) is 1.69. The highest BCUT2D eigenvalue weighted by Crippen LogP contribution is 2.33. The smallest absolute Gasteiger partial charge is 0.243 e. The molecule has 4 rings (SSSR count). The van der Waals surface area contributed by atoms with E-state index in [1.54, 1.807) is 33.1 Å². The second-order valence-electron chi connectivity index (χ2n) is 11.2. The Morgan fingerprint density at radius 2 is 1.67 bits per heavy atom. The molecule has 10 nitrogen and oxygen atoms in total. The van der Waals surface area contributed by atoms with Crippen molar-refractivity contribution in [2.45, 2.75) is 82.5 Å². The molecule has 1 aliphatic carbocycles. The number of rotatable bonds is 13. The standard InChI is InChI=1S/C29H41N3O7/c1-18(30-27(35)21-12-13-38-16-21)26(34)32-24(15-20-8-10-22(37-3)11-9-20)28(36)31-23(14-19-6-4-5-7-19)25(33)29(2)17-39-29/h8-11,18-19,21,23-24H,4-7,12-17H2,1-3H3,(H,30,35)(H,31,36)(H,32,34)/t18-,21-,23+,24+,29-/m1/s1. The maximum absolute atomic E-state index is 13.6. The Labute approximate surface area is 229 Å². The van der Waals surface area contributed by atoms with Crippen LogP contribution in [-0.2, 0) is 35.1 Å². The Morgan fingerprint density at radius 1 is 1.00 bits per heavy atom. The van der Waals surface area contributed by atoms with Crippen molar-refractivity contribution in [1.82, 2.24) is 16.0 Å². The van der Waals surface area contributed by atoms with Gasteiger partial charge in [0, 0.05) is 13.0 Å². The number of hydrogen-bond donors (Lipinski definition) is 3. The number of benzene rings is 1. The first kappa shape index (κ1) is 29.0. The quantitative estimate of drug-likeness (QED) is 0.322. The summed E-state index contributed by atoms with van der Waals surface area (Å²) in [7, 11) is 1.57. The summed E-state index contributed by atoms with van der Waals surface area (Å²) in [6.07, 6.45) is 5.69. The van der Waals surface area contributed by atoms with Crippen LogP contribution in [0.4, 0.5) is 0 Å². The molecule has 0 bridgehead atoms. The number of carbonyl (C=O) groups excluding carboxylic acids is 4. The lowest BCUT2D eigenvalue weighted by molar-refractivity contribution is -0.134. The summed E-state index contributed by atoms with van der Waals surface area (Å²) in [6.45, 7) is 4.54. The second kappa shape index (κ2) is 12.9. The van der Waals surface area contributed by atoms with Gasteiger partial charge >= 0.3 is 0 Å². The van der Waals surface area contributed by atoms with E-state index < -0.39 is 35.5 Å². The molecule has 0 radical (unpaired) electrons. The molecular formula is C29H41N3O7. The van der Waals surface area contributed by atoms with E-state index in [1.807, 2.05) is 12.1 Å². The lowest BCUT2D eigenvalue weighted by Gasteiger charge is -2.26. The van der Waals surface area contributed by atoms with Crippen molar-refractivity contribution in [2.24, 2.45) is 11.8 Å². The summed E-state index contributed by atoms with van der Waals surface area (Å²) in [5.74, 6) is -0.536. The summed E-state index contributed by atoms with van der Waals surface area (Å²) in [5, 5.41) is 8.49. The number of ketones is 1. The van der Waals surface area contributed by atoms with Gasteiger partial charge in [-0.25, -0.2) is 0 Å². The number of amides is 3. The van der Waals surface area contributed by atoms with Crippen LogP contribution in [0.5, 0.6) is 5.75 Å². The molecular weight excluding hydrogens is 502 g/mol. The molecule has 5 atom stereocenters. The summed E-state index contributed by atoms with van der Waals surface area (Å²) in [6, 6.07) is 4.74. The van der Waals surface area contributed by atoms with Crippen LogP contribution in [0.15, 0.2) is 24.3 Å². The van der Waals surface area contributed by atoms with Gasteiger partial charge < -0.3 is 30.2 Å². The van der Waals surface area contributed by atoms with Gasteiger partial charge in [-0.15, -0.1) is 0 Å². The summed E-state index contributed by atoms with van der Waals surface area (Å²) >= 11 is 0.